The summed E-state index contributed by atoms with van der Waals surface area (Å²) in [4.78, 5) is 16.8. The monoisotopic (exact) mass is 367 g/mol. The molecule has 0 unspecified atom stereocenters. The zero-order valence-corrected chi connectivity index (χ0v) is 14.0. The summed E-state index contributed by atoms with van der Waals surface area (Å²) in [5, 5.41) is 14.8. The second-order valence-corrected chi connectivity index (χ2v) is 7.73. The van der Waals surface area contributed by atoms with E-state index in [4.69, 9.17) is 0 Å². The Bertz CT molecular complexity index is 876. The number of fused-ring (bicyclic) bond motifs is 1. The Hall–Kier alpha value is -1.69. The van der Waals surface area contributed by atoms with Gasteiger partial charge >= 0.3 is 131 Å². The molecule has 0 bridgehead atoms. The summed E-state index contributed by atoms with van der Waals surface area (Å²) in [5.74, 6) is 0. The van der Waals surface area contributed by atoms with E-state index in [9.17, 15) is 10.0 Å². The molecule has 0 radical (unpaired) electrons. The number of benzene rings is 1. The molecule has 2 heterocycles. The van der Waals surface area contributed by atoms with Crippen LogP contribution in [0.3, 0.4) is 0 Å². The SMILES string of the molecule is CC(C)/[N+]([O-])=C/c1csc(-n2[se]c3ccccc3c2=O)n1. The van der Waals surface area contributed by atoms with Crippen molar-refractivity contribution in [3.8, 4) is 5.13 Å². The Labute approximate surface area is 131 Å². The van der Waals surface area contributed by atoms with E-state index in [1.54, 1.807) is 8.94 Å². The van der Waals surface area contributed by atoms with Gasteiger partial charge in [-0.05, 0) is 0 Å². The molecule has 108 valence electrons. The van der Waals surface area contributed by atoms with Gasteiger partial charge in [-0.25, -0.2) is 0 Å². The number of hydrogen-bond donors (Lipinski definition) is 0. The summed E-state index contributed by atoms with van der Waals surface area (Å²) in [6.07, 6.45) is 1.46. The van der Waals surface area contributed by atoms with E-state index in [1.807, 2.05) is 38.1 Å². The first kappa shape index (κ1) is 14.3. The van der Waals surface area contributed by atoms with Gasteiger partial charge in [0, 0.05) is 0 Å². The molecule has 3 aromatic rings. The zero-order chi connectivity index (χ0) is 15.0. The van der Waals surface area contributed by atoms with Crippen LogP contribution in [0.5, 0.6) is 0 Å². The molecular formula is C14H13N3O2SSe. The first-order chi connectivity index (χ1) is 10.1. The van der Waals surface area contributed by atoms with Crippen molar-refractivity contribution in [3.05, 3.63) is 50.9 Å². The molecule has 0 saturated heterocycles. The van der Waals surface area contributed by atoms with Crippen molar-refractivity contribution >= 4 is 41.9 Å². The van der Waals surface area contributed by atoms with Crippen LogP contribution in [0.15, 0.2) is 34.4 Å². The quantitative estimate of drug-likeness (QED) is 0.234. The van der Waals surface area contributed by atoms with Gasteiger partial charge in [0.25, 0.3) is 0 Å². The van der Waals surface area contributed by atoms with Crippen LogP contribution in [0.25, 0.3) is 14.8 Å². The van der Waals surface area contributed by atoms with Gasteiger partial charge in [-0.1, -0.05) is 0 Å². The average Bonchev–Trinajstić information content (AvgIpc) is 3.04. The molecule has 0 aliphatic carbocycles. The van der Waals surface area contributed by atoms with Crippen molar-refractivity contribution in [2.75, 3.05) is 0 Å². The van der Waals surface area contributed by atoms with Gasteiger partial charge in [0.05, 0.1) is 0 Å². The van der Waals surface area contributed by atoms with Gasteiger partial charge in [0.15, 0.2) is 0 Å². The second-order valence-electron chi connectivity index (χ2n) is 4.82. The first-order valence-electron chi connectivity index (χ1n) is 6.43. The Balaban J connectivity index is 2.05. The number of nitrogens with zero attached hydrogens (tertiary/aromatic N) is 3. The molecule has 2 aromatic heterocycles. The first-order valence-corrected chi connectivity index (χ1v) is 8.94. The van der Waals surface area contributed by atoms with Crippen molar-refractivity contribution in [1.29, 1.82) is 0 Å². The van der Waals surface area contributed by atoms with Crippen LogP contribution in [-0.2, 0) is 0 Å². The van der Waals surface area contributed by atoms with Gasteiger partial charge in [0.2, 0.25) is 0 Å². The molecule has 7 heteroatoms. The van der Waals surface area contributed by atoms with Crippen molar-refractivity contribution in [2.45, 2.75) is 19.9 Å². The van der Waals surface area contributed by atoms with Crippen LogP contribution < -0.4 is 5.56 Å². The van der Waals surface area contributed by atoms with E-state index in [1.165, 1.54) is 17.6 Å². The fourth-order valence-electron chi connectivity index (χ4n) is 1.81. The van der Waals surface area contributed by atoms with Crippen molar-refractivity contribution in [3.63, 3.8) is 0 Å². The van der Waals surface area contributed by atoms with Crippen LogP contribution >= 0.6 is 11.3 Å². The Morgan fingerprint density at radius 3 is 2.90 bits per heavy atom. The van der Waals surface area contributed by atoms with Crippen LogP contribution in [0.2, 0.25) is 0 Å². The topological polar surface area (TPSA) is 61.0 Å². The molecule has 0 fully saturated rings. The standard InChI is InChI=1S/C14H13N3O2SSe/c1-9(2)16(19)7-10-8-20-14(15-10)17-13(18)11-5-3-4-6-12(11)21-17/h3-9H,1-2H3/b16-7-. The molecule has 0 aliphatic heterocycles. The van der Waals surface area contributed by atoms with E-state index in [0.717, 1.165) is 14.4 Å². The molecule has 0 aliphatic rings. The van der Waals surface area contributed by atoms with Crippen molar-refractivity contribution < 1.29 is 4.74 Å². The van der Waals surface area contributed by atoms with E-state index >= 15 is 0 Å². The van der Waals surface area contributed by atoms with Crippen molar-refractivity contribution in [1.82, 2.24) is 8.55 Å². The summed E-state index contributed by atoms with van der Waals surface area (Å²) in [6, 6.07) is 7.51. The maximum absolute atomic E-state index is 12.4. The van der Waals surface area contributed by atoms with Gasteiger partial charge in [0.1, 0.15) is 0 Å². The number of hydroxylamine groups is 1. The van der Waals surface area contributed by atoms with Crippen LogP contribution in [0.1, 0.15) is 19.5 Å². The normalized spacial score (nSPS) is 12.4. The molecule has 0 amide bonds. The third kappa shape index (κ3) is 2.72. The van der Waals surface area contributed by atoms with Crippen molar-refractivity contribution in [2.24, 2.45) is 0 Å². The van der Waals surface area contributed by atoms with Crippen LogP contribution in [0, 0.1) is 5.21 Å². The second kappa shape index (κ2) is 5.60. The maximum atomic E-state index is 12.4. The summed E-state index contributed by atoms with van der Waals surface area (Å²) in [6.45, 7) is 3.64. The molecule has 3 rings (SSSR count). The third-order valence-corrected chi connectivity index (χ3v) is 6.30. The minimum absolute atomic E-state index is 0.00524. The number of thiazole rings is 1. The van der Waals surface area contributed by atoms with Gasteiger partial charge in [-0.3, -0.25) is 0 Å². The zero-order valence-electron chi connectivity index (χ0n) is 11.5. The van der Waals surface area contributed by atoms with Crippen LogP contribution in [0.4, 0.5) is 0 Å². The van der Waals surface area contributed by atoms with Gasteiger partial charge in [-0.2, -0.15) is 0 Å². The molecule has 1 aromatic carbocycles. The number of aromatic nitrogens is 2. The van der Waals surface area contributed by atoms with E-state index in [0.29, 0.717) is 10.8 Å². The average molecular weight is 366 g/mol. The fraction of sp³-hybridized carbons (Fsp3) is 0.214. The summed E-state index contributed by atoms with van der Waals surface area (Å²) in [5.41, 5.74) is 0.590. The molecular weight excluding hydrogens is 353 g/mol. The Morgan fingerprint density at radius 1 is 1.43 bits per heavy atom. The predicted molar refractivity (Wildman–Crippen MR) is 86.1 cm³/mol. The summed E-state index contributed by atoms with van der Waals surface area (Å²) < 4.78 is 3.65. The van der Waals surface area contributed by atoms with Gasteiger partial charge < -0.3 is 0 Å². The Morgan fingerprint density at radius 2 is 2.19 bits per heavy atom. The number of rotatable bonds is 3. The molecule has 0 saturated carbocycles. The van der Waals surface area contributed by atoms with E-state index < -0.39 is 0 Å². The summed E-state index contributed by atoms with van der Waals surface area (Å²) >= 11 is 1.30. The molecule has 0 spiro atoms. The summed E-state index contributed by atoms with van der Waals surface area (Å²) in [7, 11) is 0. The molecule has 5 nitrogen and oxygen atoms in total. The fourth-order valence-corrected chi connectivity index (χ4v) is 4.81. The number of hydrogen-bond acceptors (Lipinski definition) is 4. The van der Waals surface area contributed by atoms with Crippen LogP contribution in [-0.4, -0.2) is 40.3 Å². The van der Waals surface area contributed by atoms with Gasteiger partial charge in [-0.15, -0.1) is 0 Å². The Kier molecular flexibility index (Phi) is 3.80. The minimum atomic E-state index is -0.128. The molecule has 0 atom stereocenters. The molecule has 21 heavy (non-hydrogen) atoms. The van der Waals surface area contributed by atoms with E-state index in [2.05, 4.69) is 4.98 Å². The predicted octanol–water partition coefficient (Wildman–Crippen LogP) is 1.84. The molecule has 0 N–H and O–H groups in total. The van der Waals surface area contributed by atoms with E-state index in [-0.39, 0.29) is 26.3 Å². The third-order valence-electron chi connectivity index (χ3n) is 2.94.